The van der Waals surface area contributed by atoms with E-state index < -0.39 is 35.4 Å². The highest BCUT2D eigenvalue weighted by molar-refractivity contribution is 5.39. The predicted octanol–water partition coefficient (Wildman–Crippen LogP) is 3.77. The molecule has 1 aliphatic rings. The summed E-state index contributed by atoms with van der Waals surface area (Å²) in [6.45, 7) is 0. The molecule has 0 saturated carbocycles. The first-order valence-corrected chi connectivity index (χ1v) is 6.32. The maximum atomic E-state index is 13.3. The average molecular weight is 297 g/mol. The smallest absolute Gasteiger partial charge is 0.194 e. The zero-order valence-corrected chi connectivity index (χ0v) is 10.7. The van der Waals surface area contributed by atoms with E-state index in [-0.39, 0.29) is 12.0 Å². The second-order valence-electron chi connectivity index (χ2n) is 4.93. The molecule has 2 N–H and O–H groups in total. The first-order valence-electron chi connectivity index (χ1n) is 6.32. The van der Waals surface area contributed by atoms with Crippen molar-refractivity contribution in [2.45, 2.75) is 18.6 Å². The lowest BCUT2D eigenvalue weighted by Crippen LogP contribution is -2.24. The first kappa shape index (κ1) is 13.9. The molecule has 0 aromatic heterocycles. The average Bonchev–Trinajstić information content (AvgIpc) is 2.44. The minimum absolute atomic E-state index is 0.150. The Hall–Kier alpha value is -2.08. The fourth-order valence-electron chi connectivity index (χ4n) is 2.44. The number of rotatable bonds is 1. The molecular weight excluding hydrogens is 286 g/mol. The van der Waals surface area contributed by atoms with Crippen LogP contribution in [0.2, 0.25) is 0 Å². The fraction of sp³-hybridized carbons (Fsp3) is 0.200. The van der Waals surface area contributed by atoms with Gasteiger partial charge in [0, 0.05) is 18.0 Å². The second-order valence-corrected chi connectivity index (χ2v) is 4.93. The molecular formula is C15H11F4NO. The van der Waals surface area contributed by atoms with E-state index in [0.717, 1.165) is 12.1 Å². The van der Waals surface area contributed by atoms with E-state index in [1.807, 2.05) is 0 Å². The molecule has 0 fully saturated rings. The summed E-state index contributed by atoms with van der Waals surface area (Å²) in [7, 11) is 0. The molecule has 1 aliphatic heterocycles. The van der Waals surface area contributed by atoms with Crippen molar-refractivity contribution in [3.63, 3.8) is 0 Å². The lowest BCUT2D eigenvalue weighted by molar-refractivity contribution is 0.160. The highest BCUT2D eigenvalue weighted by Crippen LogP contribution is 2.40. The molecule has 0 amide bonds. The summed E-state index contributed by atoms with van der Waals surface area (Å²) in [5.74, 6) is -4.18. The van der Waals surface area contributed by atoms with Crippen LogP contribution in [0, 0.1) is 23.3 Å². The molecule has 2 unspecified atom stereocenters. The van der Waals surface area contributed by atoms with E-state index in [2.05, 4.69) is 0 Å². The SMILES string of the molecule is NC1CC(c2cc(F)c(F)c(F)c2)Oc2ccc(F)cc21. The molecule has 0 aliphatic carbocycles. The molecule has 3 rings (SSSR count). The second kappa shape index (κ2) is 5.04. The third kappa shape index (κ3) is 2.47. The third-order valence-electron chi connectivity index (χ3n) is 3.49. The van der Waals surface area contributed by atoms with Crippen LogP contribution in [0.5, 0.6) is 5.75 Å². The molecule has 2 nitrogen and oxygen atoms in total. The van der Waals surface area contributed by atoms with E-state index in [0.29, 0.717) is 11.3 Å². The molecule has 2 aromatic rings. The molecule has 21 heavy (non-hydrogen) atoms. The quantitative estimate of drug-likeness (QED) is 0.642. The van der Waals surface area contributed by atoms with Gasteiger partial charge in [-0.2, -0.15) is 0 Å². The molecule has 6 heteroatoms. The van der Waals surface area contributed by atoms with Gasteiger partial charge < -0.3 is 10.5 Å². The molecule has 0 radical (unpaired) electrons. The standard InChI is InChI=1S/C15H11F4NO/c16-8-1-2-13-9(5-8)12(20)6-14(21-13)7-3-10(17)15(19)11(18)4-7/h1-5,12,14H,6,20H2. The minimum atomic E-state index is -1.53. The summed E-state index contributed by atoms with van der Waals surface area (Å²) in [5, 5.41) is 0. The van der Waals surface area contributed by atoms with Crippen molar-refractivity contribution in [2.75, 3.05) is 0 Å². The van der Waals surface area contributed by atoms with Crippen LogP contribution >= 0.6 is 0 Å². The number of ether oxygens (including phenoxy) is 1. The van der Waals surface area contributed by atoms with Crippen molar-refractivity contribution in [1.29, 1.82) is 0 Å². The maximum Gasteiger partial charge on any atom is 0.194 e. The van der Waals surface area contributed by atoms with Crippen molar-refractivity contribution in [3.8, 4) is 5.75 Å². The summed E-state index contributed by atoms with van der Waals surface area (Å²) in [6, 6.07) is 5.11. The largest absolute Gasteiger partial charge is 0.485 e. The van der Waals surface area contributed by atoms with E-state index in [4.69, 9.17) is 10.5 Å². The molecule has 0 bridgehead atoms. The van der Waals surface area contributed by atoms with Gasteiger partial charge >= 0.3 is 0 Å². The van der Waals surface area contributed by atoms with Gasteiger partial charge in [-0.3, -0.25) is 0 Å². The number of halogens is 4. The van der Waals surface area contributed by atoms with E-state index in [1.54, 1.807) is 0 Å². The Kier molecular flexibility index (Phi) is 3.33. The topological polar surface area (TPSA) is 35.2 Å². The van der Waals surface area contributed by atoms with Gasteiger partial charge in [0.2, 0.25) is 0 Å². The van der Waals surface area contributed by atoms with Gasteiger partial charge in [0.15, 0.2) is 17.5 Å². The Morgan fingerprint density at radius 1 is 1.00 bits per heavy atom. The molecule has 2 aromatic carbocycles. The van der Waals surface area contributed by atoms with E-state index in [9.17, 15) is 17.6 Å². The highest BCUT2D eigenvalue weighted by atomic mass is 19.2. The Morgan fingerprint density at radius 3 is 2.33 bits per heavy atom. The van der Waals surface area contributed by atoms with Crippen LogP contribution in [-0.4, -0.2) is 0 Å². The normalized spacial score (nSPS) is 20.8. The van der Waals surface area contributed by atoms with Crippen LogP contribution in [0.1, 0.15) is 29.7 Å². The lowest BCUT2D eigenvalue weighted by Gasteiger charge is -2.30. The molecule has 1 heterocycles. The first-order chi connectivity index (χ1) is 9.95. The van der Waals surface area contributed by atoms with Crippen molar-refractivity contribution in [3.05, 3.63) is 64.7 Å². The van der Waals surface area contributed by atoms with Gasteiger partial charge in [0.1, 0.15) is 17.7 Å². The van der Waals surface area contributed by atoms with Gasteiger partial charge in [-0.05, 0) is 35.9 Å². The van der Waals surface area contributed by atoms with Crippen molar-refractivity contribution in [1.82, 2.24) is 0 Å². The van der Waals surface area contributed by atoms with Crippen LogP contribution < -0.4 is 10.5 Å². The van der Waals surface area contributed by atoms with Crippen LogP contribution in [0.4, 0.5) is 17.6 Å². The van der Waals surface area contributed by atoms with Crippen molar-refractivity contribution in [2.24, 2.45) is 5.73 Å². The van der Waals surface area contributed by atoms with Crippen molar-refractivity contribution >= 4 is 0 Å². The van der Waals surface area contributed by atoms with E-state index in [1.165, 1.54) is 18.2 Å². The maximum absolute atomic E-state index is 13.3. The lowest BCUT2D eigenvalue weighted by atomic mass is 9.93. The van der Waals surface area contributed by atoms with Gasteiger partial charge in [0.05, 0.1) is 0 Å². The summed E-state index contributed by atoms with van der Waals surface area (Å²) in [4.78, 5) is 0. The number of hydrogen-bond acceptors (Lipinski definition) is 2. The van der Waals surface area contributed by atoms with Crippen LogP contribution in [0.25, 0.3) is 0 Å². The summed E-state index contributed by atoms with van der Waals surface area (Å²) >= 11 is 0. The Bertz CT molecular complexity index is 681. The minimum Gasteiger partial charge on any atom is -0.485 e. The van der Waals surface area contributed by atoms with Gasteiger partial charge in [-0.1, -0.05) is 0 Å². The summed E-state index contributed by atoms with van der Waals surface area (Å²) < 4.78 is 58.3. The zero-order valence-electron chi connectivity index (χ0n) is 10.7. The molecule has 0 saturated heterocycles. The Labute approximate surface area is 118 Å². The number of benzene rings is 2. The summed E-state index contributed by atoms with van der Waals surface area (Å²) in [5.41, 5.74) is 6.59. The highest BCUT2D eigenvalue weighted by Gasteiger charge is 2.28. The van der Waals surface area contributed by atoms with Crippen molar-refractivity contribution < 1.29 is 22.3 Å². The third-order valence-corrected chi connectivity index (χ3v) is 3.49. The number of nitrogens with two attached hydrogens (primary N) is 1. The Morgan fingerprint density at radius 2 is 1.67 bits per heavy atom. The number of fused-ring (bicyclic) bond motifs is 1. The molecule has 110 valence electrons. The van der Waals surface area contributed by atoms with E-state index >= 15 is 0 Å². The summed E-state index contributed by atoms with van der Waals surface area (Å²) in [6.07, 6.45) is -0.511. The monoisotopic (exact) mass is 297 g/mol. The number of hydrogen-bond donors (Lipinski definition) is 1. The fourth-order valence-corrected chi connectivity index (χ4v) is 2.44. The van der Waals surface area contributed by atoms with Crippen LogP contribution in [0.3, 0.4) is 0 Å². The van der Waals surface area contributed by atoms with Crippen LogP contribution in [-0.2, 0) is 0 Å². The van der Waals surface area contributed by atoms with Gasteiger partial charge in [-0.25, -0.2) is 17.6 Å². The molecule has 0 spiro atoms. The van der Waals surface area contributed by atoms with Gasteiger partial charge in [-0.15, -0.1) is 0 Å². The van der Waals surface area contributed by atoms with Crippen LogP contribution in [0.15, 0.2) is 30.3 Å². The molecule has 2 atom stereocenters. The predicted molar refractivity (Wildman–Crippen MR) is 67.6 cm³/mol. The Balaban J connectivity index is 1.98. The zero-order chi connectivity index (χ0) is 15.1. The van der Waals surface area contributed by atoms with Gasteiger partial charge in [0.25, 0.3) is 0 Å².